The van der Waals surface area contributed by atoms with Crippen molar-refractivity contribution in [1.82, 2.24) is 0 Å². The summed E-state index contributed by atoms with van der Waals surface area (Å²) in [6.45, 7) is 2.74. The molecule has 0 unspecified atom stereocenters. The molecule has 1 heterocycles. The fourth-order valence-electron chi connectivity index (χ4n) is 2.53. The van der Waals surface area contributed by atoms with E-state index in [1.54, 1.807) is 43.5 Å². The van der Waals surface area contributed by atoms with E-state index in [-0.39, 0.29) is 11.6 Å². The third-order valence-electron chi connectivity index (χ3n) is 3.94. The average molecular weight is 386 g/mol. The van der Waals surface area contributed by atoms with Gasteiger partial charge < -0.3 is 14.2 Å². The number of benzene rings is 2. The van der Waals surface area contributed by atoms with E-state index >= 15 is 0 Å². The molecule has 0 amide bonds. The van der Waals surface area contributed by atoms with E-state index in [4.69, 9.17) is 25.8 Å². The van der Waals surface area contributed by atoms with Crippen LogP contribution in [0.4, 0.5) is 0 Å². The Morgan fingerprint density at radius 2 is 2.04 bits per heavy atom. The van der Waals surface area contributed by atoms with Crippen LogP contribution in [0.25, 0.3) is 6.08 Å². The summed E-state index contributed by atoms with van der Waals surface area (Å²) in [7, 11) is 1.58. The van der Waals surface area contributed by atoms with Crippen molar-refractivity contribution in [2.24, 2.45) is 4.99 Å². The SMILES string of the molecule is CCCCOc1ccc(C=C2N=C(c3cccc(Cl)c3)OC2=O)cc1OC. The monoisotopic (exact) mass is 385 g/mol. The normalized spacial score (nSPS) is 14.9. The van der Waals surface area contributed by atoms with Crippen molar-refractivity contribution >= 4 is 29.5 Å². The Kier molecular flexibility index (Phi) is 6.14. The lowest BCUT2D eigenvalue weighted by atomic mass is 10.1. The van der Waals surface area contributed by atoms with Crippen LogP contribution >= 0.6 is 11.6 Å². The molecule has 0 atom stereocenters. The fourth-order valence-corrected chi connectivity index (χ4v) is 2.72. The van der Waals surface area contributed by atoms with Crippen LogP contribution in [0.5, 0.6) is 11.5 Å². The first kappa shape index (κ1) is 19.0. The summed E-state index contributed by atoms with van der Waals surface area (Å²) in [4.78, 5) is 16.4. The van der Waals surface area contributed by atoms with Crippen molar-refractivity contribution < 1.29 is 19.0 Å². The molecule has 0 saturated heterocycles. The summed E-state index contributed by atoms with van der Waals surface area (Å²) in [6.07, 6.45) is 3.68. The lowest BCUT2D eigenvalue weighted by Crippen LogP contribution is -2.05. The highest BCUT2D eigenvalue weighted by molar-refractivity contribution is 6.31. The van der Waals surface area contributed by atoms with Crippen LogP contribution in [0.1, 0.15) is 30.9 Å². The summed E-state index contributed by atoms with van der Waals surface area (Å²) in [5.74, 6) is 1.00. The van der Waals surface area contributed by atoms with E-state index in [1.165, 1.54) is 0 Å². The molecule has 0 bridgehead atoms. The second kappa shape index (κ2) is 8.73. The van der Waals surface area contributed by atoms with Crippen molar-refractivity contribution in [2.45, 2.75) is 19.8 Å². The van der Waals surface area contributed by atoms with Gasteiger partial charge in [-0.25, -0.2) is 9.79 Å². The zero-order valence-electron chi connectivity index (χ0n) is 15.2. The van der Waals surface area contributed by atoms with Crippen molar-refractivity contribution in [3.63, 3.8) is 0 Å². The van der Waals surface area contributed by atoms with Gasteiger partial charge in [-0.1, -0.05) is 37.1 Å². The predicted octanol–water partition coefficient (Wildman–Crippen LogP) is 4.87. The molecule has 1 aliphatic heterocycles. The Hall–Kier alpha value is -2.79. The maximum absolute atomic E-state index is 12.1. The van der Waals surface area contributed by atoms with E-state index in [0.29, 0.717) is 28.7 Å². The van der Waals surface area contributed by atoms with Crippen LogP contribution in [-0.4, -0.2) is 25.6 Å². The minimum Gasteiger partial charge on any atom is -0.493 e. The fraction of sp³-hybridized carbons (Fsp3) is 0.238. The topological polar surface area (TPSA) is 57.1 Å². The summed E-state index contributed by atoms with van der Waals surface area (Å²) in [5, 5.41) is 0.548. The number of carbonyl (C=O) groups is 1. The van der Waals surface area contributed by atoms with Crippen molar-refractivity contribution in [3.8, 4) is 11.5 Å². The molecule has 2 aromatic rings. The summed E-state index contributed by atoms with van der Waals surface area (Å²) in [5.41, 5.74) is 1.63. The molecule has 0 N–H and O–H groups in total. The van der Waals surface area contributed by atoms with Crippen LogP contribution in [0.2, 0.25) is 5.02 Å². The molecular formula is C21H20ClNO4. The Balaban J connectivity index is 1.84. The number of hydrogen-bond acceptors (Lipinski definition) is 5. The number of ether oxygens (including phenoxy) is 3. The first-order valence-electron chi connectivity index (χ1n) is 8.70. The van der Waals surface area contributed by atoms with Crippen molar-refractivity contribution in [1.29, 1.82) is 0 Å². The number of carbonyl (C=O) groups excluding carboxylic acids is 1. The van der Waals surface area contributed by atoms with Crippen LogP contribution in [0, 0.1) is 0 Å². The Morgan fingerprint density at radius 3 is 2.78 bits per heavy atom. The highest BCUT2D eigenvalue weighted by atomic mass is 35.5. The van der Waals surface area contributed by atoms with Crippen LogP contribution in [-0.2, 0) is 9.53 Å². The molecule has 6 heteroatoms. The van der Waals surface area contributed by atoms with Gasteiger partial charge in [0, 0.05) is 10.6 Å². The second-order valence-corrected chi connectivity index (χ2v) is 6.40. The van der Waals surface area contributed by atoms with Gasteiger partial charge in [0.25, 0.3) is 0 Å². The smallest absolute Gasteiger partial charge is 0.363 e. The van der Waals surface area contributed by atoms with E-state index < -0.39 is 5.97 Å². The van der Waals surface area contributed by atoms with Gasteiger partial charge in [0.1, 0.15) is 0 Å². The zero-order chi connectivity index (χ0) is 19.2. The van der Waals surface area contributed by atoms with E-state index in [9.17, 15) is 4.79 Å². The number of unbranched alkanes of at least 4 members (excludes halogenated alkanes) is 1. The molecule has 1 aliphatic rings. The highest BCUT2D eigenvalue weighted by Crippen LogP contribution is 2.30. The first-order valence-corrected chi connectivity index (χ1v) is 9.08. The average Bonchev–Trinajstić information content (AvgIpc) is 3.03. The standard InChI is InChI=1S/C21H20ClNO4/c1-3-4-10-26-18-9-8-14(12-19(18)25-2)11-17-21(24)27-20(23-17)15-6-5-7-16(22)13-15/h5-9,11-13H,3-4,10H2,1-2H3. The molecule has 0 spiro atoms. The summed E-state index contributed by atoms with van der Waals surface area (Å²) < 4.78 is 16.4. The third-order valence-corrected chi connectivity index (χ3v) is 4.17. The number of aliphatic imine (C=N–C) groups is 1. The number of rotatable bonds is 7. The Labute approximate surface area is 163 Å². The molecule has 140 valence electrons. The van der Waals surface area contributed by atoms with Crippen LogP contribution < -0.4 is 9.47 Å². The van der Waals surface area contributed by atoms with Gasteiger partial charge in [0.05, 0.1) is 13.7 Å². The third kappa shape index (κ3) is 4.68. The number of halogens is 1. The van der Waals surface area contributed by atoms with E-state index in [1.807, 2.05) is 12.1 Å². The van der Waals surface area contributed by atoms with E-state index in [0.717, 1.165) is 18.4 Å². The lowest BCUT2D eigenvalue weighted by Gasteiger charge is -2.10. The van der Waals surface area contributed by atoms with Gasteiger partial charge in [-0.2, -0.15) is 0 Å². The minimum absolute atomic E-state index is 0.215. The molecule has 2 aromatic carbocycles. The maximum atomic E-state index is 12.1. The second-order valence-electron chi connectivity index (χ2n) is 5.96. The zero-order valence-corrected chi connectivity index (χ0v) is 16.0. The number of cyclic esters (lactones) is 1. The molecule has 27 heavy (non-hydrogen) atoms. The van der Waals surface area contributed by atoms with Crippen LogP contribution in [0.15, 0.2) is 53.2 Å². The summed E-state index contributed by atoms with van der Waals surface area (Å²) >= 11 is 5.98. The molecule has 0 saturated carbocycles. The highest BCUT2D eigenvalue weighted by Gasteiger charge is 2.24. The number of nitrogens with zero attached hydrogens (tertiary/aromatic N) is 1. The van der Waals surface area contributed by atoms with Gasteiger partial charge in [0.2, 0.25) is 5.90 Å². The molecule has 5 nitrogen and oxygen atoms in total. The van der Waals surface area contributed by atoms with Gasteiger partial charge in [-0.15, -0.1) is 0 Å². The Morgan fingerprint density at radius 1 is 1.19 bits per heavy atom. The van der Waals surface area contributed by atoms with Gasteiger partial charge in [0.15, 0.2) is 17.2 Å². The maximum Gasteiger partial charge on any atom is 0.363 e. The van der Waals surface area contributed by atoms with Crippen molar-refractivity contribution in [2.75, 3.05) is 13.7 Å². The van der Waals surface area contributed by atoms with Crippen molar-refractivity contribution in [3.05, 3.63) is 64.3 Å². The molecule has 0 radical (unpaired) electrons. The molecule has 0 aromatic heterocycles. The lowest BCUT2D eigenvalue weighted by molar-refractivity contribution is -0.129. The summed E-state index contributed by atoms with van der Waals surface area (Å²) in [6, 6.07) is 12.5. The largest absolute Gasteiger partial charge is 0.493 e. The molecular weight excluding hydrogens is 366 g/mol. The minimum atomic E-state index is -0.507. The molecule has 0 fully saturated rings. The van der Waals surface area contributed by atoms with E-state index in [2.05, 4.69) is 11.9 Å². The number of hydrogen-bond donors (Lipinski definition) is 0. The van der Waals surface area contributed by atoms with Gasteiger partial charge in [-0.05, 0) is 48.4 Å². The molecule has 3 rings (SSSR count). The number of methoxy groups -OCH3 is 1. The first-order chi connectivity index (χ1) is 13.1. The van der Waals surface area contributed by atoms with Crippen LogP contribution in [0.3, 0.4) is 0 Å². The molecule has 0 aliphatic carbocycles. The number of esters is 1. The van der Waals surface area contributed by atoms with Gasteiger partial charge in [-0.3, -0.25) is 0 Å². The quantitative estimate of drug-likeness (QED) is 0.387. The Bertz CT molecular complexity index is 905. The van der Waals surface area contributed by atoms with Gasteiger partial charge >= 0.3 is 5.97 Å². The predicted molar refractivity (Wildman–Crippen MR) is 105 cm³/mol.